The molecule has 4 heteroatoms. The maximum absolute atomic E-state index is 12.0. The number of ketones is 1. The minimum Gasteiger partial charge on any atom is -0.444 e. The van der Waals surface area contributed by atoms with Gasteiger partial charge in [0.15, 0.2) is 0 Å². The summed E-state index contributed by atoms with van der Waals surface area (Å²) < 4.78 is 5.40. The summed E-state index contributed by atoms with van der Waals surface area (Å²) in [4.78, 5) is 25.2. The molecule has 19 heavy (non-hydrogen) atoms. The summed E-state index contributed by atoms with van der Waals surface area (Å²) in [6.45, 7) is 6.95. The van der Waals surface area contributed by atoms with Gasteiger partial charge in [-0.1, -0.05) is 11.6 Å². The zero-order valence-corrected chi connectivity index (χ0v) is 12.1. The molecule has 0 aromatic heterocycles. The van der Waals surface area contributed by atoms with Crippen molar-refractivity contribution in [2.75, 3.05) is 13.1 Å². The molecule has 106 valence electrons. The van der Waals surface area contributed by atoms with E-state index < -0.39 is 5.60 Å². The average molecular weight is 265 g/mol. The Labute approximate surface area is 114 Å². The maximum atomic E-state index is 12.0. The first kappa shape index (κ1) is 14.1. The second-order valence-corrected chi connectivity index (χ2v) is 6.45. The normalized spacial score (nSPS) is 24.4. The fourth-order valence-electron chi connectivity index (χ4n) is 2.68. The Morgan fingerprint density at radius 2 is 2.16 bits per heavy atom. The second-order valence-electron chi connectivity index (χ2n) is 6.45. The van der Waals surface area contributed by atoms with E-state index in [0.29, 0.717) is 37.6 Å². The van der Waals surface area contributed by atoms with Gasteiger partial charge in [-0.05, 0) is 39.5 Å². The molecule has 0 saturated heterocycles. The number of Topliss-reactive ketones (excluding diaryl/α,β-unsaturated/α-hetero) is 1. The highest BCUT2D eigenvalue weighted by Crippen LogP contribution is 2.31. The molecule has 1 heterocycles. The molecule has 1 saturated carbocycles. The van der Waals surface area contributed by atoms with Crippen molar-refractivity contribution in [1.82, 2.24) is 4.90 Å². The summed E-state index contributed by atoms with van der Waals surface area (Å²) in [6.07, 6.45) is 5.08. The van der Waals surface area contributed by atoms with Gasteiger partial charge in [-0.25, -0.2) is 4.79 Å². The van der Waals surface area contributed by atoms with Crippen LogP contribution in [0.25, 0.3) is 0 Å². The van der Waals surface area contributed by atoms with Gasteiger partial charge in [-0.2, -0.15) is 0 Å². The highest BCUT2D eigenvalue weighted by atomic mass is 16.6. The van der Waals surface area contributed by atoms with E-state index in [1.807, 2.05) is 20.8 Å². The van der Waals surface area contributed by atoms with Crippen molar-refractivity contribution in [3.63, 3.8) is 0 Å². The molecule has 2 aliphatic rings. The van der Waals surface area contributed by atoms with E-state index in [-0.39, 0.29) is 6.09 Å². The van der Waals surface area contributed by atoms with Crippen molar-refractivity contribution < 1.29 is 14.3 Å². The lowest BCUT2D eigenvalue weighted by Crippen LogP contribution is -2.40. The van der Waals surface area contributed by atoms with Gasteiger partial charge < -0.3 is 9.64 Å². The van der Waals surface area contributed by atoms with E-state index in [0.717, 1.165) is 12.8 Å². The van der Waals surface area contributed by atoms with Crippen molar-refractivity contribution in [2.24, 2.45) is 5.92 Å². The number of carbonyl (C=O) groups is 2. The Bertz CT molecular complexity index is 406. The van der Waals surface area contributed by atoms with Gasteiger partial charge in [0, 0.05) is 25.9 Å². The summed E-state index contributed by atoms with van der Waals surface area (Å²) in [5, 5.41) is 0. The summed E-state index contributed by atoms with van der Waals surface area (Å²) >= 11 is 0. The van der Waals surface area contributed by atoms with Crippen LogP contribution in [0.1, 0.15) is 46.5 Å². The van der Waals surface area contributed by atoms with Crippen LogP contribution in [0.3, 0.4) is 0 Å². The fraction of sp³-hybridized carbons (Fsp3) is 0.733. The lowest BCUT2D eigenvalue weighted by Gasteiger charge is -2.31. The molecule has 1 aliphatic heterocycles. The Morgan fingerprint density at radius 3 is 2.74 bits per heavy atom. The molecule has 1 fully saturated rings. The molecule has 0 spiro atoms. The van der Waals surface area contributed by atoms with E-state index in [2.05, 4.69) is 6.08 Å². The van der Waals surface area contributed by atoms with Crippen LogP contribution in [-0.2, 0) is 9.53 Å². The van der Waals surface area contributed by atoms with Crippen LogP contribution in [0.2, 0.25) is 0 Å². The van der Waals surface area contributed by atoms with Gasteiger partial charge >= 0.3 is 6.09 Å². The molecule has 1 unspecified atom stereocenters. The topological polar surface area (TPSA) is 46.6 Å². The number of rotatable bonds is 1. The van der Waals surface area contributed by atoms with Crippen LogP contribution in [0.5, 0.6) is 0 Å². The first-order valence-corrected chi connectivity index (χ1v) is 7.04. The maximum Gasteiger partial charge on any atom is 0.410 e. The van der Waals surface area contributed by atoms with Crippen LogP contribution in [0.4, 0.5) is 4.79 Å². The number of hydrogen-bond acceptors (Lipinski definition) is 3. The second kappa shape index (κ2) is 5.35. The largest absolute Gasteiger partial charge is 0.444 e. The lowest BCUT2D eigenvalue weighted by atomic mass is 9.94. The molecule has 0 bridgehead atoms. The molecule has 4 nitrogen and oxygen atoms in total. The summed E-state index contributed by atoms with van der Waals surface area (Å²) in [5.74, 6) is 0.693. The minimum atomic E-state index is -0.457. The fourth-order valence-corrected chi connectivity index (χ4v) is 2.68. The molecule has 1 aliphatic carbocycles. The van der Waals surface area contributed by atoms with Crippen LogP contribution in [0.15, 0.2) is 11.6 Å². The van der Waals surface area contributed by atoms with Crippen LogP contribution in [0, 0.1) is 5.92 Å². The van der Waals surface area contributed by atoms with E-state index in [9.17, 15) is 9.59 Å². The van der Waals surface area contributed by atoms with Gasteiger partial charge in [0.1, 0.15) is 11.4 Å². The van der Waals surface area contributed by atoms with Crippen LogP contribution in [-0.4, -0.2) is 35.5 Å². The van der Waals surface area contributed by atoms with Gasteiger partial charge in [0.2, 0.25) is 0 Å². The first-order chi connectivity index (χ1) is 8.85. The zero-order valence-electron chi connectivity index (χ0n) is 12.1. The van der Waals surface area contributed by atoms with E-state index in [4.69, 9.17) is 4.74 Å². The predicted octanol–water partition coefficient (Wildman–Crippen LogP) is 2.92. The minimum absolute atomic E-state index is 0.248. The summed E-state index contributed by atoms with van der Waals surface area (Å²) in [5.41, 5.74) is 0.782. The predicted molar refractivity (Wildman–Crippen MR) is 72.9 cm³/mol. The number of ether oxygens (including phenoxy) is 1. The monoisotopic (exact) mass is 265 g/mol. The molecular weight excluding hydrogens is 242 g/mol. The average Bonchev–Trinajstić information content (AvgIpc) is 2.74. The van der Waals surface area contributed by atoms with Crippen molar-refractivity contribution in [1.29, 1.82) is 0 Å². The quantitative estimate of drug-likeness (QED) is 0.685. The van der Waals surface area contributed by atoms with Crippen LogP contribution < -0.4 is 0 Å². The molecule has 0 radical (unpaired) electrons. The molecule has 0 aromatic carbocycles. The van der Waals surface area contributed by atoms with Crippen molar-refractivity contribution >= 4 is 11.9 Å². The van der Waals surface area contributed by atoms with Crippen LogP contribution >= 0.6 is 0 Å². The summed E-state index contributed by atoms with van der Waals surface area (Å²) in [6, 6.07) is 0. The molecule has 0 N–H and O–H groups in total. The molecule has 1 atom stereocenters. The number of hydrogen-bond donors (Lipinski definition) is 0. The number of amides is 1. The number of carbonyl (C=O) groups excluding carboxylic acids is 2. The van der Waals surface area contributed by atoms with E-state index in [1.165, 1.54) is 5.57 Å². The third kappa shape index (κ3) is 3.82. The molecule has 1 amide bonds. The van der Waals surface area contributed by atoms with Gasteiger partial charge in [-0.15, -0.1) is 0 Å². The smallest absolute Gasteiger partial charge is 0.410 e. The Kier molecular flexibility index (Phi) is 3.97. The Balaban J connectivity index is 1.94. The molecule has 2 rings (SSSR count). The highest BCUT2D eigenvalue weighted by Gasteiger charge is 2.30. The standard InChI is InChI=1S/C15H23NO3/c1-15(2,3)19-14(18)16-8-4-5-12(10-16)11-6-7-13(17)9-11/h5,11H,4,6-10H2,1-3H3. The highest BCUT2D eigenvalue weighted by molar-refractivity contribution is 5.81. The third-order valence-electron chi connectivity index (χ3n) is 3.60. The van der Waals surface area contributed by atoms with E-state index in [1.54, 1.807) is 4.90 Å². The zero-order chi connectivity index (χ0) is 14.0. The van der Waals surface area contributed by atoms with Crippen molar-refractivity contribution in [3.05, 3.63) is 11.6 Å². The van der Waals surface area contributed by atoms with Crippen molar-refractivity contribution in [2.45, 2.75) is 52.1 Å². The SMILES string of the molecule is CC(C)(C)OC(=O)N1CCC=C(C2CCC(=O)C2)C1. The van der Waals surface area contributed by atoms with Crippen molar-refractivity contribution in [3.8, 4) is 0 Å². The first-order valence-electron chi connectivity index (χ1n) is 7.04. The Morgan fingerprint density at radius 1 is 1.42 bits per heavy atom. The molecular formula is C15H23NO3. The number of nitrogens with zero attached hydrogens (tertiary/aromatic N) is 1. The summed E-state index contributed by atoms with van der Waals surface area (Å²) in [7, 11) is 0. The van der Waals surface area contributed by atoms with E-state index >= 15 is 0 Å². The lowest BCUT2D eigenvalue weighted by molar-refractivity contribution is -0.117. The van der Waals surface area contributed by atoms with Gasteiger partial charge in [-0.3, -0.25) is 4.79 Å². The third-order valence-corrected chi connectivity index (χ3v) is 3.60. The van der Waals surface area contributed by atoms with Gasteiger partial charge in [0.25, 0.3) is 0 Å². The van der Waals surface area contributed by atoms with Gasteiger partial charge in [0.05, 0.1) is 0 Å². The molecule has 0 aromatic rings. The Hall–Kier alpha value is -1.32.